The van der Waals surface area contributed by atoms with E-state index < -0.39 is 0 Å². The summed E-state index contributed by atoms with van der Waals surface area (Å²) in [7, 11) is 0. The lowest BCUT2D eigenvalue weighted by atomic mass is 9.86. The maximum Gasteiger partial charge on any atom is 0.161 e. The molecule has 0 radical (unpaired) electrons. The molecular formula is C28H30O6. The first-order valence-electron chi connectivity index (χ1n) is 11.3. The number of phenols is 4. The topological polar surface area (TPSA) is 121 Å². The van der Waals surface area contributed by atoms with Crippen molar-refractivity contribution in [2.24, 2.45) is 0 Å². The molecule has 0 aromatic heterocycles. The molecule has 4 aromatic carbocycles. The SMILES string of the molecule is CC(C)c1c(O)c(O)cc2cc(-c3cc4cc(O)c(O)c(C(C)C)c4cc3CO)c(CO)cc12. The van der Waals surface area contributed by atoms with Crippen molar-refractivity contribution < 1.29 is 30.6 Å². The van der Waals surface area contributed by atoms with Gasteiger partial charge in [0, 0.05) is 11.1 Å². The van der Waals surface area contributed by atoms with E-state index >= 15 is 0 Å². The number of aromatic hydroxyl groups is 4. The van der Waals surface area contributed by atoms with Crippen LogP contribution in [0.1, 0.15) is 61.8 Å². The molecule has 0 aliphatic heterocycles. The van der Waals surface area contributed by atoms with E-state index in [1.807, 2.05) is 39.8 Å². The lowest BCUT2D eigenvalue weighted by molar-refractivity contribution is 0.280. The number of hydrogen-bond acceptors (Lipinski definition) is 6. The molecule has 6 N–H and O–H groups in total. The van der Waals surface area contributed by atoms with Crippen molar-refractivity contribution in [3.05, 3.63) is 58.7 Å². The van der Waals surface area contributed by atoms with Crippen LogP contribution in [0.5, 0.6) is 23.0 Å². The number of fused-ring (bicyclic) bond motifs is 2. The van der Waals surface area contributed by atoms with Crippen molar-refractivity contribution in [1.29, 1.82) is 0 Å². The average Bonchev–Trinajstić information content (AvgIpc) is 2.78. The van der Waals surface area contributed by atoms with E-state index in [-0.39, 0.29) is 48.0 Å². The highest BCUT2D eigenvalue weighted by molar-refractivity contribution is 5.98. The number of aliphatic hydroxyl groups is 2. The van der Waals surface area contributed by atoms with Crippen LogP contribution in [0.3, 0.4) is 0 Å². The van der Waals surface area contributed by atoms with Crippen LogP contribution in [0.4, 0.5) is 0 Å². The third kappa shape index (κ3) is 3.69. The number of hydrogen-bond donors (Lipinski definition) is 6. The molecule has 0 spiro atoms. The van der Waals surface area contributed by atoms with Crippen LogP contribution in [0.25, 0.3) is 32.7 Å². The Hall–Kier alpha value is -3.48. The van der Waals surface area contributed by atoms with Gasteiger partial charge in [0.1, 0.15) is 0 Å². The molecule has 6 nitrogen and oxygen atoms in total. The van der Waals surface area contributed by atoms with Gasteiger partial charge in [-0.3, -0.25) is 0 Å². The number of phenolic OH excluding ortho intramolecular Hbond substituents is 4. The second kappa shape index (κ2) is 8.70. The van der Waals surface area contributed by atoms with Crippen molar-refractivity contribution in [2.75, 3.05) is 0 Å². The monoisotopic (exact) mass is 462 g/mol. The predicted molar refractivity (Wildman–Crippen MR) is 134 cm³/mol. The molecule has 0 aliphatic carbocycles. The number of rotatable bonds is 5. The zero-order valence-electron chi connectivity index (χ0n) is 19.7. The van der Waals surface area contributed by atoms with E-state index in [4.69, 9.17) is 0 Å². The van der Waals surface area contributed by atoms with Crippen LogP contribution in [0.2, 0.25) is 0 Å². The zero-order valence-corrected chi connectivity index (χ0v) is 19.7. The fourth-order valence-corrected chi connectivity index (χ4v) is 4.92. The lowest BCUT2D eigenvalue weighted by Gasteiger charge is -2.20. The quantitative estimate of drug-likeness (QED) is 0.211. The molecule has 178 valence electrons. The van der Waals surface area contributed by atoms with Gasteiger partial charge in [0.2, 0.25) is 0 Å². The summed E-state index contributed by atoms with van der Waals surface area (Å²) >= 11 is 0. The Morgan fingerprint density at radius 1 is 0.559 bits per heavy atom. The Morgan fingerprint density at radius 3 is 1.21 bits per heavy atom. The van der Waals surface area contributed by atoms with Crippen LogP contribution < -0.4 is 0 Å². The van der Waals surface area contributed by atoms with Crippen LogP contribution >= 0.6 is 0 Å². The second-order valence-electron chi connectivity index (χ2n) is 9.40. The minimum absolute atomic E-state index is 0.0641. The molecule has 6 heteroatoms. The summed E-state index contributed by atoms with van der Waals surface area (Å²) in [6.07, 6.45) is 0. The van der Waals surface area contributed by atoms with E-state index in [1.165, 1.54) is 12.1 Å². The highest BCUT2D eigenvalue weighted by Gasteiger charge is 2.21. The molecule has 4 aromatic rings. The minimum atomic E-state index is -0.272. The Bertz CT molecular complexity index is 1310. The van der Waals surface area contributed by atoms with Crippen LogP contribution in [-0.2, 0) is 13.2 Å². The minimum Gasteiger partial charge on any atom is -0.504 e. The summed E-state index contributed by atoms with van der Waals surface area (Å²) in [5.74, 6) is -0.908. The van der Waals surface area contributed by atoms with Crippen LogP contribution in [0, 0.1) is 0 Å². The molecule has 0 atom stereocenters. The first-order valence-corrected chi connectivity index (χ1v) is 11.3. The standard InChI is InChI=1S/C28H30O6/c1-13(2)25-21-7-17(11-29)19(5-15(21)9-23(31)27(25)33)20-6-16-10-24(32)28(34)26(14(3)4)22(16)8-18(20)12-30/h5-10,13-14,29-34H,11-12H2,1-4H3. The predicted octanol–water partition coefficient (Wildman–Crippen LogP) is 5.71. The highest BCUT2D eigenvalue weighted by Crippen LogP contribution is 2.45. The molecule has 0 amide bonds. The molecule has 4 rings (SSSR count). The van der Waals surface area contributed by atoms with E-state index in [2.05, 4.69) is 0 Å². The smallest absolute Gasteiger partial charge is 0.161 e. The summed E-state index contributed by atoms with van der Waals surface area (Å²) in [5, 5.41) is 64.8. The fraction of sp³-hybridized carbons (Fsp3) is 0.286. The Labute approximate surface area is 198 Å². The third-order valence-corrected chi connectivity index (χ3v) is 6.50. The zero-order chi connectivity index (χ0) is 24.9. The molecule has 0 saturated carbocycles. The number of benzene rings is 4. The van der Waals surface area contributed by atoms with Gasteiger partial charge in [0.05, 0.1) is 13.2 Å². The Morgan fingerprint density at radius 2 is 0.912 bits per heavy atom. The van der Waals surface area contributed by atoms with Gasteiger partial charge in [-0.2, -0.15) is 0 Å². The molecule has 0 aliphatic rings. The molecule has 0 saturated heterocycles. The molecule has 34 heavy (non-hydrogen) atoms. The third-order valence-electron chi connectivity index (χ3n) is 6.50. The largest absolute Gasteiger partial charge is 0.504 e. The van der Waals surface area contributed by atoms with E-state index in [9.17, 15) is 30.6 Å². The van der Waals surface area contributed by atoms with Gasteiger partial charge >= 0.3 is 0 Å². The Balaban J connectivity index is 2.09. The fourth-order valence-electron chi connectivity index (χ4n) is 4.92. The van der Waals surface area contributed by atoms with Gasteiger partial charge in [-0.25, -0.2) is 0 Å². The molecule has 0 heterocycles. The molecule has 0 fully saturated rings. The first kappa shape index (κ1) is 23.7. The van der Waals surface area contributed by atoms with Gasteiger partial charge in [-0.1, -0.05) is 27.7 Å². The normalized spacial score (nSPS) is 11.9. The molecular weight excluding hydrogens is 432 g/mol. The van der Waals surface area contributed by atoms with Gasteiger partial charge in [-0.15, -0.1) is 0 Å². The van der Waals surface area contributed by atoms with Crippen molar-refractivity contribution in [3.63, 3.8) is 0 Å². The maximum absolute atomic E-state index is 10.4. The average molecular weight is 463 g/mol. The summed E-state index contributed by atoms with van der Waals surface area (Å²) in [5.41, 5.74) is 3.72. The second-order valence-corrected chi connectivity index (χ2v) is 9.40. The van der Waals surface area contributed by atoms with E-state index in [0.717, 1.165) is 10.8 Å². The van der Waals surface area contributed by atoms with Crippen molar-refractivity contribution >= 4 is 21.5 Å². The van der Waals surface area contributed by atoms with Crippen molar-refractivity contribution in [1.82, 2.24) is 0 Å². The summed E-state index contributed by atoms with van der Waals surface area (Å²) in [6.45, 7) is 7.13. The maximum atomic E-state index is 10.4. The lowest BCUT2D eigenvalue weighted by Crippen LogP contribution is -1.99. The first-order chi connectivity index (χ1) is 16.1. The molecule has 0 unspecified atom stereocenters. The van der Waals surface area contributed by atoms with Gasteiger partial charge in [0.15, 0.2) is 23.0 Å². The Kier molecular flexibility index (Phi) is 6.06. The summed E-state index contributed by atoms with van der Waals surface area (Å²) in [6, 6.07) is 10.2. The van der Waals surface area contributed by atoms with Gasteiger partial charge < -0.3 is 30.6 Å². The number of aliphatic hydroxyl groups excluding tert-OH is 2. The molecule has 0 bridgehead atoms. The van der Waals surface area contributed by atoms with Crippen molar-refractivity contribution in [2.45, 2.75) is 52.7 Å². The highest BCUT2D eigenvalue weighted by atomic mass is 16.3. The van der Waals surface area contributed by atoms with E-state index in [1.54, 1.807) is 12.1 Å². The summed E-state index contributed by atoms with van der Waals surface area (Å²) in [4.78, 5) is 0. The summed E-state index contributed by atoms with van der Waals surface area (Å²) < 4.78 is 0. The van der Waals surface area contributed by atoms with Crippen LogP contribution in [-0.4, -0.2) is 30.6 Å². The van der Waals surface area contributed by atoms with Gasteiger partial charge in [0.25, 0.3) is 0 Å². The van der Waals surface area contributed by atoms with Crippen molar-refractivity contribution in [3.8, 4) is 34.1 Å². The van der Waals surface area contributed by atoms with Gasteiger partial charge in [-0.05, 0) is 92.0 Å². The van der Waals surface area contributed by atoms with E-state index in [0.29, 0.717) is 44.2 Å². The van der Waals surface area contributed by atoms with Crippen LogP contribution in [0.15, 0.2) is 36.4 Å².